The first-order valence-electron chi connectivity index (χ1n) is 8.74. The molecule has 0 saturated heterocycles. The van der Waals surface area contributed by atoms with E-state index in [9.17, 15) is 15.3 Å². The van der Waals surface area contributed by atoms with Crippen molar-refractivity contribution in [3.05, 3.63) is 88.8 Å². The normalized spacial score (nSPS) is 29.6. The zero-order chi connectivity index (χ0) is 19.4. The van der Waals surface area contributed by atoms with E-state index in [-0.39, 0.29) is 0 Å². The van der Waals surface area contributed by atoms with Gasteiger partial charge in [-0.05, 0) is 57.2 Å². The first kappa shape index (κ1) is 17.7. The van der Waals surface area contributed by atoms with Crippen LogP contribution in [0.5, 0.6) is 0 Å². The Morgan fingerprint density at radius 1 is 0.481 bits per heavy atom. The minimum absolute atomic E-state index is 0.348. The van der Waals surface area contributed by atoms with Crippen molar-refractivity contribution in [1.82, 2.24) is 15.0 Å². The van der Waals surface area contributed by atoms with Crippen molar-refractivity contribution in [2.75, 3.05) is 0 Å². The Balaban J connectivity index is 2.10. The van der Waals surface area contributed by atoms with Crippen LogP contribution in [0.25, 0.3) is 0 Å². The van der Waals surface area contributed by atoms with Gasteiger partial charge in [0.2, 0.25) is 0 Å². The van der Waals surface area contributed by atoms with E-state index >= 15 is 0 Å². The summed E-state index contributed by atoms with van der Waals surface area (Å²) in [5, 5.41) is 33.6. The van der Waals surface area contributed by atoms with E-state index < -0.39 is 16.8 Å². The number of aromatic nitrogens is 3. The SMILES string of the molecule is CC1(O)c2cccc(n2)C(C)(O)c2cccc(n2)C(C)(O)c2cccc1n2. The lowest BCUT2D eigenvalue weighted by Gasteiger charge is -2.30. The number of hydrogen-bond acceptors (Lipinski definition) is 6. The van der Waals surface area contributed by atoms with Crippen LogP contribution in [0.4, 0.5) is 0 Å². The van der Waals surface area contributed by atoms with Crippen LogP contribution in [-0.2, 0) is 16.8 Å². The number of fused-ring (bicyclic) bond motifs is 6. The molecule has 0 unspecified atom stereocenters. The van der Waals surface area contributed by atoms with Crippen molar-refractivity contribution in [2.45, 2.75) is 37.6 Å². The van der Waals surface area contributed by atoms with E-state index in [1.807, 2.05) is 0 Å². The quantitative estimate of drug-likeness (QED) is 0.565. The Hall–Kier alpha value is -2.67. The molecule has 0 spiro atoms. The van der Waals surface area contributed by atoms with Crippen LogP contribution >= 0.6 is 0 Å². The molecular weight excluding hydrogens is 342 g/mol. The fraction of sp³-hybridized carbons (Fsp3) is 0.286. The zero-order valence-electron chi connectivity index (χ0n) is 15.4. The average molecular weight is 363 g/mol. The van der Waals surface area contributed by atoms with E-state index in [2.05, 4.69) is 15.0 Å². The second-order valence-corrected chi connectivity index (χ2v) is 7.44. The third kappa shape index (κ3) is 2.65. The molecule has 4 heterocycles. The monoisotopic (exact) mass is 363 g/mol. The maximum absolute atomic E-state index is 11.2. The highest BCUT2D eigenvalue weighted by molar-refractivity contribution is 5.37. The molecule has 0 atom stereocenters. The van der Waals surface area contributed by atoms with Crippen LogP contribution in [0.2, 0.25) is 0 Å². The predicted molar refractivity (Wildman–Crippen MR) is 98.7 cm³/mol. The summed E-state index contributed by atoms with van der Waals surface area (Å²) in [6.07, 6.45) is 0. The lowest BCUT2D eigenvalue weighted by Crippen LogP contribution is -2.34. The minimum atomic E-state index is -1.50. The molecule has 3 N–H and O–H groups in total. The number of hydrogen-bond donors (Lipinski definition) is 3. The fourth-order valence-electron chi connectivity index (χ4n) is 3.32. The van der Waals surface area contributed by atoms with Gasteiger partial charge in [0, 0.05) is 0 Å². The second kappa shape index (κ2) is 5.66. The topological polar surface area (TPSA) is 99.4 Å². The van der Waals surface area contributed by atoms with Gasteiger partial charge in [-0.3, -0.25) is 15.0 Å². The fourth-order valence-corrected chi connectivity index (χ4v) is 3.32. The van der Waals surface area contributed by atoms with Gasteiger partial charge in [0.1, 0.15) is 16.8 Å². The second-order valence-electron chi connectivity index (χ2n) is 7.44. The first-order valence-corrected chi connectivity index (χ1v) is 8.74. The lowest BCUT2D eigenvalue weighted by atomic mass is 9.89. The standard InChI is InChI=1S/C21H21N3O3/c1-19(25)13-7-4-9-15(22-13)20(2,26)17-11-6-12-18(24-17)21(3,27)16-10-5-8-14(19)23-16/h4-12,25-27H,1-3H3. The summed E-state index contributed by atoms with van der Waals surface area (Å²) in [4.78, 5) is 13.5. The molecule has 4 rings (SSSR count). The number of nitrogens with zero attached hydrogens (tertiary/aromatic N) is 3. The zero-order valence-corrected chi connectivity index (χ0v) is 15.4. The summed E-state index contributed by atoms with van der Waals surface area (Å²) < 4.78 is 0. The minimum Gasteiger partial charge on any atom is -0.377 e. The number of pyridine rings is 3. The molecule has 0 aliphatic carbocycles. The number of rotatable bonds is 0. The van der Waals surface area contributed by atoms with Crippen molar-refractivity contribution < 1.29 is 15.3 Å². The molecule has 3 aromatic heterocycles. The summed E-state index contributed by atoms with van der Waals surface area (Å²) in [7, 11) is 0. The van der Waals surface area contributed by atoms with E-state index in [1.165, 1.54) is 0 Å². The molecule has 6 bridgehead atoms. The van der Waals surface area contributed by atoms with Crippen LogP contribution < -0.4 is 0 Å². The molecule has 0 radical (unpaired) electrons. The molecular formula is C21H21N3O3. The smallest absolute Gasteiger partial charge is 0.145 e. The molecule has 3 aromatic rings. The summed E-state index contributed by atoms with van der Waals surface area (Å²) in [6.45, 7) is 4.79. The molecule has 1 aliphatic heterocycles. The molecule has 27 heavy (non-hydrogen) atoms. The van der Waals surface area contributed by atoms with E-state index in [1.54, 1.807) is 75.4 Å². The Morgan fingerprint density at radius 2 is 0.667 bits per heavy atom. The van der Waals surface area contributed by atoms with Crippen molar-refractivity contribution >= 4 is 0 Å². The average Bonchev–Trinajstić information content (AvgIpc) is 2.67. The summed E-state index contributed by atoms with van der Waals surface area (Å²) in [5.41, 5.74) is -2.41. The van der Waals surface area contributed by atoms with Crippen molar-refractivity contribution in [1.29, 1.82) is 0 Å². The third-order valence-corrected chi connectivity index (χ3v) is 5.24. The van der Waals surface area contributed by atoms with Crippen LogP contribution in [0.15, 0.2) is 54.6 Å². The lowest BCUT2D eigenvalue weighted by molar-refractivity contribution is 0.0698. The van der Waals surface area contributed by atoms with E-state index in [0.29, 0.717) is 34.2 Å². The van der Waals surface area contributed by atoms with Gasteiger partial charge in [0.15, 0.2) is 0 Å². The molecule has 0 amide bonds. The molecule has 0 saturated carbocycles. The molecule has 138 valence electrons. The summed E-state index contributed by atoms with van der Waals surface area (Å²) in [5.74, 6) is 0. The van der Waals surface area contributed by atoms with Gasteiger partial charge in [-0.1, -0.05) is 18.2 Å². The Kier molecular flexibility index (Phi) is 3.72. The molecule has 6 nitrogen and oxygen atoms in total. The van der Waals surface area contributed by atoms with Crippen LogP contribution in [0.3, 0.4) is 0 Å². The molecule has 1 aliphatic rings. The largest absolute Gasteiger partial charge is 0.377 e. The van der Waals surface area contributed by atoms with Gasteiger partial charge in [-0.15, -0.1) is 0 Å². The maximum atomic E-state index is 11.2. The van der Waals surface area contributed by atoms with Crippen molar-refractivity contribution in [3.8, 4) is 0 Å². The van der Waals surface area contributed by atoms with E-state index in [0.717, 1.165) is 0 Å². The Morgan fingerprint density at radius 3 is 0.852 bits per heavy atom. The third-order valence-electron chi connectivity index (χ3n) is 5.24. The van der Waals surface area contributed by atoms with Gasteiger partial charge in [-0.25, -0.2) is 0 Å². The first-order chi connectivity index (χ1) is 12.6. The predicted octanol–water partition coefficient (Wildman–Crippen LogP) is 1.95. The van der Waals surface area contributed by atoms with Crippen molar-refractivity contribution in [3.63, 3.8) is 0 Å². The molecule has 6 heteroatoms. The maximum Gasteiger partial charge on any atom is 0.145 e. The van der Waals surface area contributed by atoms with Gasteiger partial charge < -0.3 is 15.3 Å². The Labute approximate surface area is 157 Å². The molecule has 0 aromatic carbocycles. The van der Waals surface area contributed by atoms with Crippen LogP contribution in [0.1, 0.15) is 54.9 Å². The molecule has 0 fully saturated rings. The van der Waals surface area contributed by atoms with Crippen LogP contribution in [-0.4, -0.2) is 30.3 Å². The highest BCUT2D eigenvalue weighted by Crippen LogP contribution is 2.35. The number of aliphatic hydroxyl groups is 3. The Bertz CT molecular complexity index is 833. The van der Waals surface area contributed by atoms with Crippen LogP contribution in [0, 0.1) is 0 Å². The van der Waals surface area contributed by atoms with Crippen molar-refractivity contribution in [2.24, 2.45) is 0 Å². The summed E-state index contributed by atoms with van der Waals surface area (Å²) >= 11 is 0. The van der Waals surface area contributed by atoms with E-state index in [4.69, 9.17) is 0 Å². The highest BCUT2D eigenvalue weighted by Gasteiger charge is 2.37. The van der Waals surface area contributed by atoms with Gasteiger partial charge in [0.25, 0.3) is 0 Å². The van der Waals surface area contributed by atoms with Gasteiger partial charge >= 0.3 is 0 Å². The summed E-state index contributed by atoms with van der Waals surface area (Å²) in [6, 6.07) is 15.3. The van der Waals surface area contributed by atoms with Gasteiger partial charge in [-0.2, -0.15) is 0 Å². The van der Waals surface area contributed by atoms with Gasteiger partial charge in [0.05, 0.1) is 34.2 Å². The highest BCUT2D eigenvalue weighted by atomic mass is 16.3.